The molecule has 0 saturated heterocycles. The molecule has 49 heavy (non-hydrogen) atoms. The minimum atomic E-state index is -1.13. The number of carbonyl (C=O) groups is 6. The Bertz CT molecular complexity index is 1320. The van der Waals surface area contributed by atoms with E-state index in [2.05, 4.69) is 33.5 Å². The van der Waals surface area contributed by atoms with Crippen LogP contribution in [0.5, 0.6) is 5.75 Å². The van der Waals surface area contributed by atoms with E-state index in [0.29, 0.717) is 5.56 Å². The molecule has 0 aromatic heterocycles. The van der Waals surface area contributed by atoms with Crippen molar-refractivity contribution in [1.82, 2.24) is 26.6 Å². The van der Waals surface area contributed by atoms with Crippen LogP contribution in [0.3, 0.4) is 0 Å². The minimum Gasteiger partial charge on any atom is -0.508 e. The van der Waals surface area contributed by atoms with Gasteiger partial charge in [-0.1, -0.05) is 84.2 Å². The predicted octanol–water partition coefficient (Wildman–Crippen LogP) is 2.33. The van der Waals surface area contributed by atoms with Gasteiger partial charge in [-0.15, -0.1) is 0 Å². The standard InChI is InChI=1S/C36H53N5O8/c1-6-7-8-9-10-11-12-13-29(43)37-21-31(45)41-32(23(2)3)34(46)38-26-16-19-30(44)40-33(24(4)5)35(47)39-28(36(48)49-22-26)20-25-14-17-27(42)18-15-25/h11-12,14-19,23-24,26,28,32-33,42H,6-10,13,20-22H2,1-5H3,(H,37,43)(H,38,46)(H,39,47)(H,40,44)(H,41,45)/b12-11-,19-16+/t26-,28+,32?,33+/m1/s1. The highest BCUT2D eigenvalue weighted by Crippen LogP contribution is 2.13. The van der Waals surface area contributed by atoms with Crippen molar-refractivity contribution in [2.24, 2.45) is 11.8 Å². The van der Waals surface area contributed by atoms with Gasteiger partial charge in [0.1, 0.15) is 30.5 Å². The molecule has 2 rings (SSSR count). The van der Waals surface area contributed by atoms with Crippen molar-refractivity contribution in [1.29, 1.82) is 0 Å². The molecular formula is C36H53N5O8. The van der Waals surface area contributed by atoms with Crippen LogP contribution in [0, 0.1) is 11.8 Å². The molecule has 0 spiro atoms. The van der Waals surface area contributed by atoms with Crippen LogP contribution in [0.4, 0.5) is 0 Å². The zero-order valence-corrected chi connectivity index (χ0v) is 29.3. The Hall–Kier alpha value is -4.68. The van der Waals surface area contributed by atoms with Gasteiger partial charge in [0.2, 0.25) is 29.5 Å². The van der Waals surface area contributed by atoms with Crippen molar-refractivity contribution >= 4 is 35.5 Å². The molecule has 0 radical (unpaired) electrons. The van der Waals surface area contributed by atoms with E-state index in [1.165, 1.54) is 24.6 Å². The van der Waals surface area contributed by atoms with E-state index in [1.807, 2.05) is 6.08 Å². The number of esters is 1. The summed E-state index contributed by atoms with van der Waals surface area (Å²) < 4.78 is 5.53. The van der Waals surface area contributed by atoms with Gasteiger partial charge in [0, 0.05) is 18.9 Å². The summed E-state index contributed by atoms with van der Waals surface area (Å²) in [6, 6.07) is 2.07. The lowest BCUT2D eigenvalue weighted by atomic mass is 10.0. The van der Waals surface area contributed by atoms with E-state index < -0.39 is 53.8 Å². The van der Waals surface area contributed by atoms with E-state index in [0.717, 1.165) is 31.8 Å². The first-order chi connectivity index (χ1) is 23.3. The van der Waals surface area contributed by atoms with Crippen LogP contribution in [0.25, 0.3) is 0 Å². The zero-order chi connectivity index (χ0) is 36.3. The van der Waals surface area contributed by atoms with E-state index in [1.54, 1.807) is 45.9 Å². The second kappa shape index (κ2) is 21.3. The van der Waals surface area contributed by atoms with Crippen LogP contribution in [0.1, 0.15) is 78.7 Å². The molecule has 6 N–H and O–H groups in total. The molecular weight excluding hydrogens is 630 g/mol. The molecule has 270 valence electrons. The lowest BCUT2D eigenvalue weighted by Crippen LogP contribution is -2.56. The Labute approximate surface area is 289 Å². The van der Waals surface area contributed by atoms with Gasteiger partial charge in [-0.25, -0.2) is 4.79 Å². The summed E-state index contributed by atoms with van der Waals surface area (Å²) in [6.07, 6.45) is 11.9. The first-order valence-electron chi connectivity index (χ1n) is 17.1. The molecule has 0 fully saturated rings. The van der Waals surface area contributed by atoms with Crippen LogP contribution < -0.4 is 26.6 Å². The smallest absolute Gasteiger partial charge is 0.329 e. The van der Waals surface area contributed by atoms with Crippen molar-refractivity contribution in [3.63, 3.8) is 0 Å². The maximum absolute atomic E-state index is 13.4. The molecule has 1 aromatic carbocycles. The number of aromatic hydroxyl groups is 1. The van der Waals surface area contributed by atoms with E-state index in [4.69, 9.17) is 4.74 Å². The monoisotopic (exact) mass is 683 g/mol. The normalized spacial score (nSPS) is 20.0. The third kappa shape index (κ3) is 15.4. The number of nitrogens with one attached hydrogen (secondary N) is 5. The highest BCUT2D eigenvalue weighted by Gasteiger charge is 2.31. The molecule has 13 nitrogen and oxygen atoms in total. The molecule has 0 saturated carbocycles. The van der Waals surface area contributed by atoms with Gasteiger partial charge in [0.05, 0.1) is 12.6 Å². The number of hydrogen-bond acceptors (Lipinski definition) is 8. The summed E-state index contributed by atoms with van der Waals surface area (Å²) >= 11 is 0. The summed E-state index contributed by atoms with van der Waals surface area (Å²) in [5.41, 5.74) is 0.642. The molecule has 1 unspecified atom stereocenters. The summed E-state index contributed by atoms with van der Waals surface area (Å²) in [5, 5.41) is 22.9. The van der Waals surface area contributed by atoms with Crippen LogP contribution in [-0.4, -0.2) is 77.9 Å². The largest absolute Gasteiger partial charge is 0.508 e. The van der Waals surface area contributed by atoms with Gasteiger partial charge < -0.3 is 36.4 Å². The number of phenols is 1. The van der Waals surface area contributed by atoms with Crippen LogP contribution in [0.15, 0.2) is 48.6 Å². The molecule has 0 aliphatic carbocycles. The Morgan fingerprint density at radius 2 is 1.69 bits per heavy atom. The molecule has 1 heterocycles. The number of allylic oxidation sites excluding steroid dienone is 1. The maximum atomic E-state index is 13.4. The van der Waals surface area contributed by atoms with Gasteiger partial charge >= 0.3 is 5.97 Å². The average molecular weight is 684 g/mol. The number of cyclic esters (lactones) is 1. The van der Waals surface area contributed by atoms with E-state index in [-0.39, 0.29) is 49.5 Å². The fraction of sp³-hybridized carbons (Fsp3) is 0.556. The van der Waals surface area contributed by atoms with Crippen molar-refractivity contribution in [2.75, 3.05) is 13.2 Å². The number of phenolic OH excluding ortho intramolecular Hbond substituents is 1. The third-order valence-corrected chi connectivity index (χ3v) is 7.84. The van der Waals surface area contributed by atoms with Crippen LogP contribution in [0.2, 0.25) is 0 Å². The quantitative estimate of drug-likeness (QED) is 0.0869. The number of rotatable bonds is 16. The van der Waals surface area contributed by atoms with Crippen molar-refractivity contribution in [3.05, 3.63) is 54.1 Å². The topological polar surface area (TPSA) is 192 Å². The fourth-order valence-electron chi connectivity index (χ4n) is 4.96. The Kier molecular flexibility index (Phi) is 17.6. The summed E-state index contributed by atoms with van der Waals surface area (Å²) in [4.78, 5) is 77.4. The molecule has 5 amide bonds. The van der Waals surface area contributed by atoms with E-state index in [9.17, 15) is 33.9 Å². The highest BCUT2D eigenvalue weighted by atomic mass is 16.5. The third-order valence-electron chi connectivity index (χ3n) is 7.84. The van der Waals surface area contributed by atoms with Gasteiger partial charge in [-0.3, -0.25) is 24.0 Å². The lowest BCUT2D eigenvalue weighted by Gasteiger charge is -2.27. The Morgan fingerprint density at radius 3 is 2.35 bits per heavy atom. The first kappa shape index (κ1) is 40.5. The molecule has 1 aliphatic heterocycles. The Morgan fingerprint density at radius 1 is 0.980 bits per heavy atom. The number of ether oxygens (including phenoxy) is 1. The molecule has 13 heteroatoms. The van der Waals surface area contributed by atoms with Gasteiger partial charge in [-0.05, 0) is 42.4 Å². The lowest BCUT2D eigenvalue weighted by molar-refractivity contribution is -0.149. The summed E-state index contributed by atoms with van der Waals surface area (Å²) in [6.45, 7) is 8.43. The zero-order valence-electron chi connectivity index (χ0n) is 29.3. The Balaban J connectivity index is 2.09. The predicted molar refractivity (Wildman–Crippen MR) is 185 cm³/mol. The number of carbonyl (C=O) groups excluding carboxylic acids is 6. The summed E-state index contributed by atoms with van der Waals surface area (Å²) in [7, 11) is 0. The average Bonchev–Trinajstić information content (AvgIpc) is 3.05. The fourth-order valence-corrected chi connectivity index (χ4v) is 4.96. The van der Waals surface area contributed by atoms with Gasteiger partial charge in [0.15, 0.2) is 0 Å². The van der Waals surface area contributed by atoms with Crippen LogP contribution in [-0.2, 0) is 39.9 Å². The molecule has 4 atom stereocenters. The second-order valence-electron chi connectivity index (χ2n) is 12.9. The van der Waals surface area contributed by atoms with Gasteiger partial charge in [0.25, 0.3) is 0 Å². The molecule has 1 aromatic rings. The number of amides is 5. The van der Waals surface area contributed by atoms with Crippen molar-refractivity contribution < 1.29 is 38.6 Å². The van der Waals surface area contributed by atoms with Crippen molar-refractivity contribution in [2.45, 2.75) is 104 Å². The minimum absolute atomic E-state index is 0.0406. The number of unbranched alkanes of at least 4 members (excludes halogenated alkanes) is 4. The first-order valence-corrected chi connectivity index (χ1v) is 17.1. The number of benzene rings is 1. The van der Waals surface area contributed by atoms with E-state index >= 15 is 0 Å². The van der Waals surface area contributed by atoms with Crippen molar-refractivity contribution in [3.8, 4) is 5.75 Å². The highest BCUT2D eigenvalue weighted by molar-refractivity contribution is 5.95. The molecule has 1 aliphatic rings. The van der Waals surface area contributed by atoms with Crippen LogP contribution >= 0.6 is 0 Å². The molecule has 0 bridgehead atoms. The number of hydrogen-bond donors (Lipinski definition) is 6. The second-order valence-corrected chi connectivity index (χ2v) is 12.9. The van der Waals surface area contributed by atoms with Gasteiger partial charge in [-0.2, -0.15) is 0 Å². The SMILES string of the molecule is CCCCCC/C=C\CC(=O)NCC(=O)NC(C(=O)N[C@@H]1/C=C/C(=O)N[C@@H](C(C)C)C(=O)N[C@@H](Cc2ccc(O)cc2)C(=O)OC1)C(C)C. The summed E-state index contributed by atoms with van der Waals surface area (Å²) in [5.74, 6) is -4.02. The maximum Gasteiger partial charge on any atom is 0.329 e.